The maximum atomic E-state index is 13.2. The fraction of sp³-hybridized carbons (Fsp3) is 0.120. The van der Waals surface area contributed by atoms with E-state index in [4.69, 9.17) is 4.74 Å². The van der Waals surface area contributed by atoms with Gasteiger partial charge in [-0.05, 0) is 36.8 Å². The van der Waals surface area contributed by atoms with E-state index in [0.717, 1.165) is 5.56 Å². The van der Waals surface area contributed by atoms with E-state index >= 15 is 0 Å². The van der Waals surface area contributed by atoms with Gasteiger partial charge in [-0.2, -0.15) is 0 Å². The number of aromatic nitrogens is 2. The van der Waals surface area contributed by atoms with Crippen molar-refractivity contribution in [2.45, 2.75) is 13.5 Å². The number of fused-ring (bicyclic) bond motifs is 1. The molecule has 0 saturated carbocycles. The third-order valence-corrected chi connectivity index (χ3v) is 4.97. The maximum absolute atomic E-state index is 13.2. The first kappa shape index (κ1) is 21.0. The van der Waals surface area contributed by atoms with Gasteiger partial charge in [0.1, 0.15) is 5.69 Å². The Labute approximate surface area is 184 Å². The number of benzene rings is 1. The number of esters is 1. The highest BCUT2D eigenvalue weighted by molar-refractivity contribution is 6.17. The van der Waals surface area contributed by atoms with Gasteiger partial charge < -0.3 is 14.5 Å². The number of nitrogens with zero attached hydrogens (tertiary/aromatic N) is 2. The summed E-state index contributed by atoms with van der Waals surface area (Å²) in [5, 5.41) is 2.84. The van der Waals surface area contributed by atoms with Gasteiger partial charge in [-0.15, -0.1) is 0 Å². The van der Waals surface area contributed by atoms with Crippen LogP contribution in [0.15, 0.2) is 79.3 Å². The Morgan fingerprint density at radius 2 is 1.81 bits per heavy atom. The van der Waals surface area contributed by atoms with Crippen LogP contribution < -0.4 is 5.32 Å². The lowest BCUT2D eigenvalue weighted by atomic mass is 10.0. The second kappa shape index (κ2) is 9.26. The number of ether oxygens (including phenoxy) is 1. The van der Waals surface area contributed by atoms with Crippen LogP contribution in [0, 0.1) is 0 Å². The molecule has 0 aliphatic heterocycles. The lowest BCUT2D eigenvalue weighted by Crippen LogP contribution is -2.24. The third-order valence-electron chi connectivity index (χ3n) is 4.97. The molecule has 32 heavy (non-hydrogen) atoms. The van der Waals surface area contributed by atoms with E-state index in [0.29, 0.717) is 16.6 Å². The highest BCUT2D eigenvalue weighted by atomic mass is 16.5. The molecule has 7 nitrogen and oxygen atoms in total. The molecule has 0 atom stereocenters. The Kier molecular flexibility index (Phi) is 6.07. The molecule has 1 amide bonds. The van der Waals surface area contributed by atoms with E-state index in [-0.39, 0.29) is 36.1 Å². The van der Waals surface area contributed by atoms with Crippen LogP contribution in [0.5, 0.6) is 0 Å². The Hall–Kier alpha value is -4.26. The summed E-state index contributed by atoms with van der Waals surface area (Å²) in [6, 6.07) is 17.2. The summed E-state index contributed by atoms with van der Waals surface area (Å²) in [5.41, 5.74) is 2.37. The van der Waals surface area contributed by atoms with Crippen LogP contribution in [0.2, 0.25) is 0 Å². The Morgan fingerprint density at radius 1 is 1.00 bits per heavy atom. The number of carbonyl (C=O) groups excluding carboxylic acids is 3. The van der Waals surface area contributed by atoms with Crippen LogP contribution in [-0.2, 0) is 11.3 Å². The zero-order chi connectivity index (χ0) is 22.5. The van der Waals surface area contributed by atoms with Crippen molar-refractivity contribution >= 4 is 23.2 Å². The quantitative estimate of drug-likeness (QED) is 0.359. The van der Waals surface area contributed by atoms with Gasteiger partial charge in [0.2, 0.25) is 0 Å². The minimum absolute atomic E-state index is 0.165. The molecule has 0 aliphatic rings. The highest BCUT2D eigenvalue weighted by Gasteiger charge is 2.25. The summed E-state index contributed by atoms with van der Waals surface area (Å²) in [4.78, 5) is 42.9. The number of carbonyl (C=O) groups is 3. The predicted octanol–water partition coefficient (Wildman–Crippen LogP) is 3.67. The zero-order valence-electron chi connectivity index (χ0n) is 17.4. The van der Waals surface area contributed by atoms with Gasteiger partial charge in [0.15, 0.2) is 5.78 Å². The first-order chi connectivity index (χ1) is 15.6. The number of ketones is 1. The van der Waals surface area contributed by atoms with Crippen molar-refractivity contribution in [3.05, 3.63) is 107 Å². The summed E-state index contributed by atoms with van der Waals surface area (Å²) >= 11 is 0. The molecule has 160 valence electrons. The summed E-state index contributed by atoms with van der Waals surface area (Å²) in [5.74, 6) is -1.23. The van der Waals surface area contributed by atoms with E-state index in [1.54, 1.807) is 72.4 Å². The van der Waals surface area contributed by atoms with E-state index in [1.807, 2.05) is 12.1 Å². The molecule has 0 fully saturated rings. The topological polar surface area (TPSA) is 89.8 Å². The van der Waals surface area contributed by atoms with Crippen molar-refractivity contribution in [3.8, 4) is 0 Å². The van der Waals surface area contributed by atoms with Crippen molar-refractivity contribution in [1.82, 2.24) is 14.7 Å². The number of nitrogens with one attached hydrogen (secondary N) is 1. The van der Waals surface area contributed by atoms with Crippen molar-refractivity contribution in [3.63, 3.8) is 0 Å². The molecular weight excluding hydrogens is 406 g/mol. The molecule has 4 rings (SSSR count). The van der Waals surface area contributed by atoms with Crippen LogP contribution in [-0.4, -0.2) is 33.7 Å². The average Bonchev–Trinajstić information content (AvgIpc) is 3.24. The number of hydrogen-bond donors (Lipinski definition) is 1. The van der Waals surface area contributed by atoms with Gasteiger partial charge in [0.25, 0.3) is 5.91 Å². The summed E-state index contributed by atoms with van der Waals surface area (Å²) in [6.45, 7) is 2.15. The van der Waals surface area contributed by atoms with Crippen LogP contribution in [0.4, 0.5) is 0 Å². The summed E-state index contributed by atoms with van der Waals surface area (Å²) < 4.78 is 6.75. The van der Waals surface area contributed by atoms with Crippen LogP contribution in [0.3, 0.4) is 0 Å². The largest absolute Gasteiger partial charge is 0.462 e. The molecular formula is C25H21N3O4. The van der Waals surface area contributed by atoms with Gasteiger partial charge in [-0.25, -0.2) is 4.79 Å². The zero-order valence-corrected chi connectivity index (χ0v) is 17.4. The SMILES string of the molecule is CCOC(=O)c1cc(C(=O)NCc2cccnc2)n2cccc(C(=O)c3ccccc3)c12. The fourth-order valence-corrected chi connectivity index (χ4v) is 3.50. The fourth-order valence-electron chi connectivity index (χ4n) is 3.50. The molecule has 1 N–H and O–H groups in total. The van der Waals surface area contributed by atoms with Gasteiger partial charge in [-0.3, -0.25) is 14.6 Å². The van der Waals surface area contributed by atoms with Crippen LogP contribution >= 0.6 is 0 Å². The van der Waals surface area contributed by atoms with Crippen LogP contribution in [0.1, 0.15) is 49.3 Å². The molecule has 0 saturated heterocycles. The first-order valence-corrected chi connectivity index (χ1v) is 10.2. The molecule has 3 aromatic heterocycles. The second-order valence-corrected chi connectivity index (χ2v) is 7.04. The predicted molar refractivity (Wildman–Crippen MR) is 119 cm³/mol. The van der Waals surface area contributed by atoms with Gasteiger partial charge >= 0.3 is 5.97 Å². The number of amides is 1. The van der Waals surface area contributed by atoms with Gasteiger partial charge in [0, 0.05) is 36.3 Å². The van der Waals surface area contributed by atoms with E-state index in [1.165, 1.54) is 6.07 Å². The van der Waals surface area contributed by atoms with E-state index in [9.17, 15) is 14.4 Å². The maximum Gasteiger partial charge on any atom is 0.340 e. The number of pyridine rings is 2. The van der Waals surface area contributed by atoms with E-state index < -0.39 is 5.97 Å². The average molecular weight is 427 g/mol. The molecule has 0 radical (unpaired) electrons. The lowest BCUT2D eigenvalue weighted by molar-refractivity contribution is 0.0528. The minimum Gasteiger partial charge on any atom is -0.462 e. The number of hydrogen-bond acceptors (Lipinski definition) is 5. The lowest BCUT2D eigenvalue weighted by Gasteiger charge is -2.09. The van der Waals surface area contributed by atoms with Crippen molar-refractivity contribution in [2.75, 3.05) is 6.61 Å². The molecule has 4 aromatic rings. The van der Waals surface area contributed by atoms with Gasteiger partial charge in [0.05, 0.1) is 17.7 Å². The molecule has 0 bridgehead atoms. The van der Waals surface area contributed by atoms with Crippen molar-refractivity contribution < 1.29 is 19.1 Å². The standard InChI is InChI=1S/C25H21N3O4/c1-2-32-25(31)20-14-21(24(30)27-16-17-8-6-12-26-15-17)28-13-7-11-19(22(20)28)23(29)18-9-4-3-5-10-18/h3-15H,2,16H2,1H3,(H,27,30). The molecule has 0 spiro atoms. The van der Waals surface area contributed by atoms with E-state index in [2.05, 4.69) is 10.3 Å². The summed E-state index contributed by atoms with van der Waals surface area (Å²) in [6.07, 6.45) is 4.97. The van der Waals surface area contributed by atoms with Crippen molar-refractivity contribution in [2.24, 2.45) is 0 Å². The molecule has 3 heterocycles. The molecule has 0 unspecified atom stereocenters. The van der Waals surface area contributed by atoms with Crippen molar-refractivity contribution in [1.29, 1.82) is 0 Å². The molecule has 7 heteroatoms. The second-order valence-electron chi connectivity index (χ2n) is 7.04. The minimum atomic E-state index is -0.593. The Balaban J connectivity index is 1.78. The van der Waals surface area contributed by atoms with Crippen LogP contribution in [0.25, 0.3) is 5.52 Å². The first-order valence-electron chi connectivity index (χ1n) is 10.2. The Bertz CT molecular complexity index is 1280. The highest BCUT2D eigenvalue weighted by Crippen LogP contribution is 2.25. The molecule has 1 aromatic carbocycles. The normalized spacial score (nSPS) is 10.7. The summed E-state index contributed by atoms with van der Waals surface area (Å²) in [7, 11) is 0. The third kappa shape index (κ3) is 4.13. The Morgan fingerprint density at radius 3 is 2.53 bits per heavy atom. The van der Waals surface area contributed by atoms with Gasteiger partial charge in [-0.1, -0.05) is 36.4 Å². The smallest absolute Gasteiger partial charge is 0.340 e. The monoisotopic (exact) mass is 427 g/mol. The molecule has 0 aliphatic carbocycles. The number of rotatable bonds is 7.